The van der Waals surface area contributed by atoms with Crippen molar-refractivity contribution < 1.29 is 28.7 Å². The van der Waals surface area contributed by atoms with Crippen LogP contribution in [0.2, 0.25) is 0 Å². The van der Waals surface area contributed by atoms with E-state index in [4.69, 9.17) is 0 Å². The van der Waals surface area contributed by atoms with Crippen LogP contribution in [0.1, 0.15) is 19.3 Å². The molecule has 0 amide bonds. The van der Waals surface area contributed by atoms with E-state index >= 15 is 0 Å². The Morgan fingerprint density at radius 1 is 0.867 bits per heavy atom. The Hall–Kier alpha value is -1.72. The molecule has 0 spiro atoms. The molecular weight excluding hydrogens is 204 g/mol. The van der Waals surface area contributed by atoms with E-state index in [9.17, 15) is 19.2 Å². The van der Waals surface area contributed by atoms with E-state index in [1.54, 1.807) is 0 Å². The van der Waals surface area contributed by atoms with Gasteiger partial charge < -0.3 is 9.47 Å². The number of hydrogen-bond acceptors (Lipinski definition) is 6. The minimum Gasteiger partial charge on any atom is -0.393 e. The van der Waals surface area contributed by atoms with Gasteiger partial charge in [0.15, 0.2) is 0 Å². The highest BCUT2D eigenvalue weighted by Gasteiger charge is 2.41. The van der Waals surface area contributed by atoms with Crippen LogP contribution in [0, 0.1) is 11.8 Å². The van der Waals surface area contributed by atoms with Crippen LogP contribution >= 0.6 is 0 Å². The highest BCUT2D eigenvalue weighted by molar-refractivity contribution is 5.97. The maximum absolute atomic E-state index is 11.1. The second-order valence-corrected chi connectivity index (χ2v) is 3.62. The van der Waals surface area contributed by atoms with Crippen molar-refractivity contribution in [1.82, 2.24) is 0 Å². The second kappa shape index (κ2) is 3.45. The van der Waals surface area contributed by atoms with Crippen molar-refractivity contribution in [2.75, 3.05) is 0 Å². The van der Waals surface area contributed by atoms with Gasteiger partial charge in [-0.05, 0) is 6.42 Å². The maximum Gasteiger partial charge on any atom is 0.317 e. The molecule has 0 bridgehead atoms. The molecule has 6 nitrogen and oxygen atoms in total. The zero-order chi connectivity index (χ0) is 11.0. The number of ether oxygens (including phenoxy) is 2. The molecule has 0 aromatic heterocycles. The third kappa shape index (κ3) is 1.88. The smallest absolute Gasteiger partial charge is 0.317 e. The first-order valence-corrected chi connectivity index (χ1v) is 4.55. The van der Waals surface area contributed by atoms with Crippen LogP contribution in [0.15, 0.2) is 0 Å². The molecule has 0 aromatic carbocycles. The van der Waals surface area contributed by atoms with E-state index in [1.807, 2.05) is 0 Å². The molecule has 2 rings (SSSR count). The van der Waals surface area contributed by atoms with Gasteiger partial charge in [-0.15, -0.1) is 0 Å². The average molecular weight is 212 g/mol. The monoisotopic (exact) mass is 212 g/mol. The van der Waals surface area contributed by atoms with Crippen molar-refractivity contribution in [2.45, 2.75) is 19.3 Å². The summed E-state index contributed by atoms with van der Waals surface area (Å²) in [4.78, 5) is 43.7. The highest BCUT2D eigenvalue weighted by Crippen LogP contribution is 2.29. The predicted molar refractivity (Wildman–Crippen MR) is 43.0 cm³/mol. The van der Waals surface area contributed by atoms with E-state index in [0.717, 1.165) is 0 Å². The molecule has 2 unspecified atom stereocenters. The summed E-state index contributed by atoms with van der Waals surface area (Å²) in [5.74, 6) is -3.62. The summed E-state index contributed by atoms with van der Waals surface area (Å²) in [7, 11) is 0. The average Bonchev–Trinajstić information content (AvgIpc) is 2.58. The Morgan fingerprint density at radius 3 is 1.53 bits per heavy atom. The largest absolute Gasteiger partial charge is 0.393 e. The van der Waals surface area contributed by atoms with Gasteiger partial charge in [0, 0.05) is 0 Å². The van der Waals surface area contributed by atoms with Crippen molar-refractivity contribution >= 4 is 23.9 Å². The van der Waals surface area contributed by atoms with Gasteiger partial charge in [-0.1, -0.05) is 0 Å². The van der Waals surface area contributed by atoms with Crippen LogP contribution < -0.4 is 0 Å². The Bertz CT molecular complexity index is 324. The van der Waals surface area contributed by atoms with E-state index in [2.05, 4.69) is 9.47 Å². The topological polar surface area (TPSA) is 86.7 Å². The van der Waals surface area contributed by atoms with Crippen LogP contribution in [0.5, 0.6) is 0 Å². The Kier molecular flexibility index (Phi) is 2.26. The van der Waals surface area contributed by atoms with Crippen LogP contribution in [0.25, 0.3) is 0 Å². The van der Waals surface area contributed by atoms with E-state index in [0.29, 0.717) is 0 Å². The predicted octanol–water partition coefficient (Wildman–Crippen LogP) is -0.444. The molecule has 6 heteroatoms. The lowest BCUT2D eigenvalue weighted by Crippen LogP contribution is -2.16. The number of cyclic esters (lactones) is 4. The molecule has 2 aliphatic rings. The minimum atomic E-state index is -0.618. The Labute approximate surface area is 84.5 Å². The number of hydrogen-bond donors (Lipinski definition) is 0. The van der Waals surface area contributed by atoms with Crippen LogP contribution in [0.4, 0.5) is 0 Å². The molecule has 0 aliphatic carbocycles. The van der Waals surface area contributed by atoms with Crippen molar-refractivity contribution in [1.29, 1.82) is 0 Å². The van der Waals surface area contributed by atoms with E-state index in [-0.39, 0.29) is 19.3 Å². The van der Waals surface area contributed by atoms with Gasteiger partial charge in [0.2, 0.25) is 0 Å². The van der Waals surface area contributed by atoms with Gasteiger partial charge in [0.1, 0.15) is 0 Å². The number of carbonyl (C=O) groups excluding carboxylic acids is 4. The summed E-state index contributed by atoms with van der Waals surface area (Å²) >= 11 is 0. The SMILES string of the molecule is O=C1CC(CC2CC(=O)OC2=O)C(=O)O1. The van der Waals surface area contributed by atoms with Gasteiger partial charge in [-0.25, -0.2) is 0 Å². The summed E-state index contributed by atoms with van der Waals surface area (Å²) in [5.41, 5.74) is 0. The zero-order valence-electron chi connectivity index (χ0n) is 7.73. The molecule has 0 radical (unpaired) electrons. The number of rotatable bonds is 2. The summed E-state index contributed by atoms with van der Waals surface area (Å²) in [6.45, 7) is 0. The lowest BCUT2D eigenvalue weighted by molar-refractivity contribution is -0.153. The van der Waals surface area contributed by atoms with Gasteiger partial charge in [-0.2, -0.15) is 0 Å². The summed E-state index contributed by atoms with van der Waals surface area (Å²) in [5, 5.41) is 0. The van der Waals surface area contributed by atoms with Crippen molar-refractivity contribution in [2.24, 2.45) is 11.8 Å². The maximum atomic E-state index is 11.1. The zero-order valence-corrected chi connectivity index (χ0v) is 7.73. The summed E-state index contributed by atoms with van der Waals surface area (Å²) < 4.78 is 8.66. The molecule has 2 aliphatic heterocycles. The molecular formula is C9H8O6. The first-order chi connectivity index (χ1) is 7.06. The molecule has 2 atom stereocenters. The fourth-order valence-corrected chi connectivity index (χ4v) is 1.75. The van der Waals surface area contributed by atoms with E-state index in [1.165, 1.54) is 0 Å². The van der Waals surface area contributed by atoms with Crippen LogP contribution in [-0.2, 0) is 28.7 Å². The highest BCUT2D eigenvalue weighted by atomic mass is 16.6. The van der Waals surface area contributed by atoms with Crippen LogP contribution in [0.3, 0.4) is 0 Å². The first kappa shape index (κ1) is 9.82. The molecule has 80 valence electrons. The molecule has 2 saturated heterocycles. The van der Waals surface area contributed by atoms with Crippen molar-refractivity contribution in [3.05, 3.63) is 0 Å². The van der Waals surface area contributed by atoms with Gasteiger partial charge in [0.25, 0.3) is 0 Å². The fourth-order valence-electron chi connectivity index (χ4n) is 1.75. The summed E-state index contributed by atoms with van der Waals surface area (Å²) in [6, 6.07) is 0. The van der Waals surface area contributed by atoms with Gasteiger partial charge >= 0.3 is 23.9 Å². The number of esters is 4. The minimum absolute atomic E-state index is 0.0171. The molecule has 2 heterocycles. The van der Waals surface area contributed by atoms with Gasteiger partial charge in [0.05, 0.1) is 24.7 Å². The second-order valence-electron chi connectivity index (χ2n) is 3.62. The lowest BCUT2D eigenvalue weighted by atomic mass is 9.92. The Balaban J connectivity index is 1.98. The lowest BCUT2D eigenvalue weighted by Gasteiger charge is -2.06. The van der Waals surface area contributed by atoms with E-state index < -0.39 is 35.7 Å². The van der Waals surface area contributed by atoms with Gasteiger partial charge in [-0.3, -0.25) is 19.2 Å². The number of carbonyl (C=O) groups is 4. The third-order valence-corrected chi connectivity index (χ3v) is 2.49. The first-order valence-electron chi connectivity index (χ1n) is 4.55. The summed E-state index contributed by atoms with van der Waals surface area (Å²) in [6.07, 6.45) is 0.114. The normalized spacial score (nSPS) is 30.7. The van der Waals surface area contributed by atoms with Crippen molar-refractivity contribution in [3.63, 3.8) is 0 Å². The third-order valence-electron chi connectivity index (χ3n) is 2.49. The van der Waals surface area contributed by atoms with Crippen LogP contribution in [-0.4, -0.2) is 23.9 Å². The molecule has 15 heavy (non-hydrogen) atoms. The molecule has 0 aromatic rings. The quantitative estimate of drug-likeness (QED) is 0.455. The Morgan fingerprint density at radius 2 is 1.27 bits per heavy atom. The molecule has 0 N–H and O–H groups in total. The standard InChI is InChI=1S/C9H8O6/c10-6-2-4(8(12)14-6)1-5-3-7(11)15-9(5)13/h4-5H,1-3H2. The molecule has 0 saturated carbocycles. The molecule has 2 fully saturated rings. The van der Waals surface area contributed by atoms with Crippen molar-refractivity contribution in [3.8, 4) is 0 Å². The fraction of sp³-hybridized carbons (Fsp3) is 0.556.